The first-order valence-corrected chi connectivity index (χ1v) is 26.2. The van der Waals surface area contributed by atoms with Gasteiger partial charge in [-0.05, 0) is 103 Å². The summed E-state index contributed by atoms with van der Waals surface area (Å²) >= 11 is 13.9. The first-order chi connectivity index (χ1) is 32.8. The average molecular weight is 1070 g/mol. The fourth-order valence-electron chi connectivity index (χ4n) is 7.28. The smallest absolute Gasteiger partial charge is 0.369 e. The van der Waals surface area contributed by atoms with Crippen LogP contribution in [-0.4, -0.2) is 94.5 Å². The number of nitro groups is 1. The van der Waals surface area contributed by atoms with Crippen LogP contribution in [0.25, 0.3) is 0 Å². The average Bonchev–Trinajstić information content (AvgIpc) is 4.05. The Kier molecular flexibility index (Phi) is 16.4. The van der Waals surface area contributed by atoms with Gasteiger partial charge in [-0.1, -0.05) is 35.3 Å². The van der Waals surface area contributed by atoms with Gasteiger partial charge in [0.1, 0.15) is 14.1 Å². The largest absolute Gasteiger partial charge is 0.416 e. The summed E-state index contributed by atoms with van der Waals surface area (Å²) in [5, 5.41) is 17.9. The maximum absolute atomic E-state index is 13.1. The third kappa shape index (κ3) is 12.8. The number of para-hydroxylation sites is 2. The van der Waals surface area contributed by atoms with Gasteiger partial charge in [0.05, 0.1) is 23.6 Å². The molecule has 2 amide bonds. The monoisotopic (exact) mass is 1060 g/mol. The summed E-state index contributed by atoms with van der Waals surface area (Å²) in [6, 6.07) is 30.6. The van der Waals surface area contributed by atoms with Gasteiger partial charge in [0.15, 0.2) is 0 Å². The molecule has 0 bridgehead atoms. The predicted octanol–water partition coefficient (Wildman–Crippen LogP) is 8.61. The molecule has 0 saturated carbocycles. The number of carbonyl (C=O) groups is 2. The van der Waals surface area contributed by atoms with Gasteiger partial charge in [-0.25, -0.2) is 16.8 Å². The number of rotatable bonds is 13. The SMILES string of the molecule is O=C(NCc1ccc(S(=O)(=O)N2CCN(c3ccc(C(F)(F)F)cc3)CC2)s1)c1ccc(Cl)cc1.O=C(NCc1ccc(S(=O)(=O)N2CCN(c3ccccc3[N+](=O)[O-])CC2)s1)c1ccc(Cl)cc1. The molecule has 4 aromatic carbocycles. The zero-order valence-electron chi connectivity index (χ0n) is 36.1. The Balaban J connectivity index is 0.000000204. The van der Waals surface area contributed by atoms with Gasteiger partial charge in [-0.15, -0.1) is 22.7 Å². The zero-order valence-corrected chi connectivity index (χ0v) is 40.9. The summed E-state index contributed by atoms with van der Waals surface area (Å²) in [5.74, 6) is -0.570. The van der Waals surface area contributed by atoms with Crippen molar-refractivity contribution in [2.24, 2.45) is 0 Å². The number of nitrogens with one attached hydrogen (secondary N) is 2. The lowest BCUT2D eigenvalue weighted by atomic mass is 10.2. The van der Waals surface area contributed by atoms with Crippen molar-refractivity contribution >= 4 is 94.8 Å². The lowest BCUT2D eigenvalue weighted by Crippen LogP contribution is -2.48. The highest BCUT2D eigenvalue weighted by Gasteiger charge is 2.34. The van der Waals surface area contributed by atoms with Crippen LogP contribution in [0.1, 0.15) is 36.0 Å². The molecule has 24 heteroatoms. The highest BCUT2D eigenvalue weighted by atomic mass is 35.5. The first-order valence-electron chi connectivity index (χ1n) is 21.0. The van der Waals surface area contributed by atoms with Crippen LogP contribution in [0.3, 0.4) is 0 Å². The maximum Gasteiger partial charge on any atom is 0.416 e. The summed E-state index contributed by atoms with van der Waals surface area (Å²) < 4.78 is 93.9. The van der Waals surface area contributed by atoms with Crippen molar-refractivity contribution in [3.05, 3.63) is 168 Å². The van der Waals surface area contributed by atoms with E-state index in [4.69, 9.17) is 23.2 Å². The van der Waals surface area contributed by atoms with Crippen LogP contribution in [0, 0.1) is 10.1 Å². The van der Waals surface area contributed by atoms with Crippen LogP contribution in [0.5, 0.6) is 0 Å². The normalized spacial score (nSPS) is 15.0. The van der Waals surface area contributed by atoms with Gasteiger partial charge in [-0.3, -0.25) is 19.7 Å². The highest BCUT2D eigenvalue weighted by molar-refractivity contribution is 7.91. The molecule has 0 atom stereocenters. The van der Waals surface area contributed by atoms with Crippen LogP contribution >= 0.6 is 45.9 Å². The van der Waals surface area contributed by atoms with Gasteiger partial charge in [0.2, 0.25) is 0 Å². The Hall–Kier alpha value is -5.59. The van der Waals surface area contributed by atoms with E-state index in [-0.39, 0.29) is 65.2 Å². The third-order valence-electron chi connectivity index (χ3n) is 11.0. The van der Waals surface area contributed by atoms with Crippen molar-refractivity contribution in [3.63, 3.8) is 0 Å². The van der Waals surface area contributed by atoms with E-state index in [9.17, 15) is 49.7 Å². The van der Waals surface area contributed by atoms with Crippen LogP contribution < -0.4 is 20.4 Å². The van der Waals surface area contributed by atoms with Crippen molar-refractivity contribution in [2.75, 3.05) is 62.2 Å². The molecule has 0 unspecified atom stereocenters. The number of anilines is 2. The molecule has 2 aliphatic rings. The molecule has 2 saturated heterocycles. The van der Waals surface area contributed by atoms with E-state index in [2.05, 4.69) is 10.6 Å². The minimum Gasteiger partial charge on any atom is -0.369 e. The van der Waals surface area contributed by atoms with Gasteiger partial charge in [0, 0.05) is 95.0 Å². The van der Waals surface area contributed by atoms with E-state index in [1.807, 2.05) is 9.80 Å². The second kappa shape index (κ2) is 22.0. The highest BCUT2D eigenvalue weighted by Crippen LogP contribution is 2.33. The Morgan fingerprint density at radius 2 is 1.01 bits per heavy atom. The summed E-state index contributed by atoms with van der Waals surface area (Å²) in [4.78, 5) is 40.5. The number of hydrogen-bond donors (Lipinski definition) is 2. The second-order valence-electron chi connectivity index (χ2n) is 15.4. The lowest BCUT2D eigenvalue weighted by Gasteiger charge is -2.35. The Morgan fingerprint density at radius 1 is 0.594 bits per heavy atom. The molecule has 4 heterocycles. The van der Waals surface area contributed by atoms with Gasteiger partial charge < -0.3 is 20.4 Å². The number of sulfonamides is 2. The van der Waals surface area contributed by atoms with Gasteiger partial charge in [0.25, 0.3) is 37.5 Å². The summed E-state index contributed by atoms with van der Waals surface area (Å²) in [6.07, 6.45) is -4.40. The minimum atomic E-state index is -4.40. The van der Waals surface area contributed by atoms with E-state index in [0.29, 0.717) is 68.5 Å². The Bertz CT molecular complexity index is 3000. The van der Waals surface area contributed by atoms with Crippen molar-refractivity contribution < 1.29 is 44.5 Å². The van der Waals surface area contributed by atoms with E-state index >= 15 is 0 Å². The number of nitrogens with zero attached hydrogens (tertiary/aromatic N) is 5. The Labute approximate surface area is 413 Å². The lowest BCUT2D eigenvalue weighted by molar-refractivity contribution is -0.384. The van der Waals surface area contributed by atoms with Gasteiger partial charge >= 0.3 is 6.18 Å². The molecule has 2 N–H and O–H groups in total. The summed E-state index contributed by atoms with van der Waals surface area (Å²) in [7, 11) is -7.42. The summed E-state index contributed by atoms with van der Waals surface area (Å²) in [6.45, 7) is 2.66. The fraction of sp³-hybridized carbons (Fsp3) is 0.244. The van der Waals surface area contributed by atoms with Gasteiger partial charge in [-0.2, -0.15) is 21.8 Å². The Morgan fingerprint density at radius 3 is 1.43 bits per heavy atom. The number of hydrogen-bond acceptors (Lipinski definition) is 12. The second-order valence-corrected chi connectivity index (χ2v) is 22.9. The number of amides is 2. The fourth-order valence-corrected chi connectivity index (χ4v) is 13.3. The van der Waals surface area contributed by atoms with E-state index in [1.165, 1.54) is 38.9 Å². The van der Waals surface area contributed by atoms with Crippen molar-refractivity contribution in [2.45, 2.75) is 27.7 Å². The molecule has 2 fully saturated rings. The van der Waals surface area contributed by atoms with Crippen LogP contribution in [0.2, 0.25) is 10.0 Å². The molecule has 6 aromatic rings. The molecule has 8 rings (SSSR count). The maximum atomic E-state index is 13.1. The minimum absolute atomic E-state index is 0.00218. The molecule has 15 nitrogen and oxygen atoms in total. The quantitative estimate of drug-likeness (QED) is 0.0839. The molecule has 364 valence electrons. The summed E-state index contributed by atoms with van der Waals surface area (Å²) in [5.41, 5.74) is 1.29. The first kappa shape index (κ1) is 51.3. The standard InChI is InChI=1S/C23H21ClF3N3O3S2.C22H21ClN4O5S2/c24-18-5-1-16(2-6-18)22(31)28-15-20-9-10-21(34-20)35(32,33)30-13-11-29(12-14-30)19-7-3-17(4-8-19)23(25,26)27;23-17-7-5-16(6-8-17)22(28)24-15-18-9-10-21(33-18)34(31,32)26-13-11-25(12-14-26)19-3-1-2-4-20(19)27(29)30/h1-10H,11-15H2,(H,28,31);1-10H,11-15H2,(H,24,28). The molecule has 69 heavy (non-hydrogen) atoms. The van der Waals surface area contributed by atoms with E-state index in [0.717, 1.165) is 34.8 Å². The third-order valence-corrected chi connectivity index (χ3v) is 18.4. The zero-order chi connectivity index (χ0) is 49.5. The molecule has 0 spiro atoms. The van der Waals surface area contributed by atoms with E-state index in [1.54, 1.807) is 78.9 Å². The molecule has 2 aliphatic heterocycles. The number of thiophene rings is 2. The topological polar surface area (TPSA) is 183 Å². The molecule has 2 aromatic heterocycles. The van der Waals surface area contributed by atoms with Crippen molar-refractivity contribution in [1.29, 1.82) is 0 Å². The number of carbonyl (C=O) groups excluding carboxylic acids is 2. The van der Waals surface area contributed by atoms with Crippen molar-refractivity contribution in [3.8, 4) is 0 Å². The molecule has 0 aliphatic carbocycles. The van der Waals surface area contributed by atoms with Crippen LogP contribution in [0.15, 0.2) is 130 Å². The number of nitro benzene ring substituents is 1. The molecule has 0 radical (unpaired) electrons. The molecular formula is C45H42Cl2F3N7O8S4. The predicted molar refractivity (Wildman–Crippen MR) is 260 cm³/mol. The number of benzene rings is 4. The van der Waals surface area contributed by atoms with Crippen LogP contribution in [-0.2, 0) is 39.3 Å². The molecular weight excluding hydrogens is 1020 g/mol. The van der Waals surface area contributed by atoms with Crippen LogP contribution in [0.4, 0.5) is 30.2 Å². The van der Waals surface area contributed by atoms with E-state index < -0.39 is 36.7 Å². The number of piperazine rings is 2. The van der Waals surface area contributed by atoms with Crippen molar-refractivity contribution in [1.82, 2.24) is 19.2 Å². The number of halogens is 5. The number of alkyl halides is 3.